The predicted octanol–water partition coefficient (Wildman–Crippen LogP) is 0.529. The Morgan fingerprint density at radius 3 is 2.63 bits per heavy atom. The fraction of sp³-hybridized carbons (Fsp3) is 0.444. The van der Waals surface area contributed by atoms with Crippen LogP contribution in [0.25, 0.3) is 0 Å². The molecule has 0 unspecified atom stereocenters. The molecule has 2 aliphatic rings. The van der Waals surface area contributed by atoms with E-state index in [1.807, 2.05) is 24.7 Å². The van der Waals surface area contributed by atoms with Crippen molar-refractivity contribution in [2.24, 2.45) is 7.05 Å². The first-order chi connectivity index (χ1) is 12.9. The topological polar surface area (TPSA) is 84.7 Å². The maximum Gasteiger partial charge on any atom is 0.249 e. The highest BCUT2D eigenvalue weighted by Gasteiger charge is 2.47. The van der Waals surface area contributed by atoms with Crippen molar-refractivity contribution in [2.45, 2.75) is 30.5 Å². The number of imidazole rings is 1. The summed E-state index contributed by atoms with van der Waals surface area (Å²) in [5.74, 6) is 0.609. The SMILES string of the molecule is Cc1ccc(S(=O)(=O)N2C[C@@H]3OCC(=O)N(Cc4nccn4C)[C@@H]3C2)cc1. The van der Waals surface area contributed by atoms with Crippen molar-refractivity contribution in [2.75, 3.05) is 19.7 Å². The van der Waals surface area contributed by atoms with E-state index in [0.29, 0.717) is 6.54 Å². The largest absolute Gasteiger partial charge is 0.365 e. The Kier molecular flexibility index (Phi) is 4.53. The second-order valence-electron chi connectivity index (χ2n) is 7.03. The molecular weight excluding hydrogens is 368 g/mol. The van der Waals surface area contributed by atoms with Crippen LogP contribution in [0.4, 0.5) is 0 Å². The van der Waals surface area contributed by atoms with Crippen LogP contribution in [-0.2, 0) is 33.1 Å². The average molecular weight is 390 g/mol. The van der Waals surface area contributed by atoms with E-state index in [1.165, 1.54) is 4.31 Å². The zero-order valence-corrected chi connectivity index (χ0v) is 16.1. The van der Waals surface area contributed by atoms with Crippen molar-refractivity contribution < 1.29 is 17.9 Å². The van der Waals surface area contributed by atoms with Crippen molar-refractivity contribution in [1.29, 1.82) is 0 Å². The molecule has 0 bridgehead atoms. The highest BCUT2D eigenvalue weighted by atomic mass is 32.2. The number of hydrogen-bond acceptors (Lipinski definition) is 5. The molecule has 144 valence electrons. The smallest absolute Gasteiger partial charge is 0.249 e. The summed E-state index contributed by atoms with van der Waals surface area (Å²) < 4.78 is 34.9. The number of fused-ring (bicyclic) bond motifs is 1. The van der Waals surface area contributed by atoms with E-state index in [4.69, 9.17) is 4.74 Å². The Labute approximate surface area is 158 Å². The standard InChI is InChI=1S/C18H22N4O4S/c1-13-3-5-14(6-4-13)27(24,25)21-9-15-16(10-21)26-12-18(23)22(15)11-17-19-7-8-20(17)2/h3-8,15-16H,9-12H2,1-2H3/t15-,16+/m1/s1. The normalized spacial score (nSPS) is 23.6. The van der Waals surface area contributed by atoms with Gasteiger partial charge in [0.25, 0.3) is 0 Å². The van der Waals surface area contributed by atoms with Gasteiger partial charge in [-0.2, -0.15) is 4.31 Å². The first kappa shape index (κ1) is 18.1. The Hall–Kier alpha value is -2.23. The molecule has 0 radical (unpaired) electrons. The molecule has 1 aromatic carbocycles. The van der Waals surface area contributed by atoms with E-state index in [2.05, 4.69) is 4.98 Å². The van der Waals surface area contributed by atoms with E-state index < -0.39 is 10.0 Å². The lowest BCUT2D eigenvalue weighted by molar-refractivity contribution is -0.154. The molecule has 0 spiro atoms. The van der Waals surface area contributed by atoms with Crippen LogP contribution in [-0.4, -0.2) is 64.9 Å². The number of amides is 1. The Morgan fingerprint density at radius 1 is 1.22 bits per heavy atom. The molecule has 2 fully saturated rings. The number of hydrogen-bond donors (Lipinski definition) is 0. The minimum Gasteiger partial charge on any atom is -0.365 e. The molecule has 2 aromatic rings. The maximum absolute atomic E-state index is 13.0. The second-order valence-corrected chi connectivity index (χ2v) is 8.97. The van der Waals surface area contributed by atoms with Crippen molar-refractivity contribution in [3.8, 4) is 0 Å². The van der Waals surface area contributed by atoms with Crippen LogP contribution < -0.4 is 0 Å². The molecule has 2 aliphatic heterocycles. The lowest BCUT2D eigenvalue weighted by Crippen LogP contribution is -2.53. The van der Waals surface area contributed by atoms with E-state index in [0.717, 1.165) is 11.4 Å². The third-order valence-corrected chi connectivity index (χ3v) is 7.08. The molecule has 2 atom stereocenters. The summed E-state index contributed by atoms with van der Waals surface area (Å²) in [6, 6.07) is 6.48. The first-order valence-corrected chi connectivity index (χ1v) is 10.2. The summed E-state index contributed by atoms with van der Waals surface area (Å²) in [5.41, 5.74) is 0.999. The van der Waals surface area contributed by atoms with Crippen LogP contribution in [0.2, 0.25) is 0 Å². The van der Waals surface area contributed by atoms with Gasteiger partial charge in [-0.1, -0.05) is 17.7 Å². The number of morpholine rings is 1. The minimum atomic E-state index is -3.63. The lowest BCUT2D eigenvalue weighted by atomic mass is 10.1. The molecule has 9 heteroatoms. The fourth-order valence-electron chi connectivity index (χ4n) is 3.59. The van der Waals surface area contributed by atoms with Gasteiger partial charge in [0, 0.05) is 32.5 Å². The number of benzene rings is 1. The predicted molar refractivity (Wildman–Crippen MR) is 97.2 cm³/mol. The van der Waals surface area contributed by atoms with Gasteiger partial charge in [0.15, 0.2) is 0 Å². The third kappa shape index (κ3) is 3.26. The summed E-state index contributed by atoms with van der Waals surface area (Å²) in [6.07, 6.45) is 3.17. The average Bonchev–Trinajstić information content (AvgIpc) is 3.25. The number of carbonyl (C=O) groups is 1. The molecular formula is C18H22N4O4S. The van der Waals surface area contributed by atoms with E-state index in [1.54, 1.807) is 35.4 Å². The molecule has 2 saturated heterocycles. The highest BCUT2D eigenvalue weighted by Crippen LogP contribution is 2.29. The van der Waals surface area contributed by atoms with Crippen molar-refractivity contribution in [1.82, 2.24) is 18.8 Å². The van der Waals surface area contributed by atoms with Gasteiger partial charge in [0.1, 0.15) is 12.4 Å². The Morgan fingerprint density at radius 2 is 1.96 bits per heavy atom. The second kappa shape index (κ2) is 6.74. The van der Waals surface area contributed by atoms with Crippen molar-refractivity contribution in [3.63, 3.8) is 0 Å². The van der Waals surface area contributed by atoms with Crippen LogP contribution in [0.15, 0.2) is 41.6 Å². The third-order valence-electron chi connectivity index (χ3n) is 5.24. The number of aryl methyl sites for hydroxylation is 2. The number of aromatic nitrogens is 2. The van der Waals surface area contributed by atoms with Crippen LogP contribution in [0.1, 0.15) is 11.4 Å². The van der Waals surface area contributed by atoms with Crippen LogP contribution in [0.3, 0.4) is 0 Å². The summed E-state index contributed by atoms with van der Waals surface area (Å²) in [5, 5.41) is 0. The van der Waals surface area contributed by atoms with Crippen LogP contribution in [0, 0.1) is 6.92 Å². The van der Waals surface area contributed by atoms with Gasteiger partial charge in [0.05, 0.1) is 23.6 Å². The molecule has 0 aliphatic carbocycles. The summed E-state index contributed by atoms with van der Waals surface area (Å²) in [7, 11) is -1.76. The van der Waals surface area contributed by atoms with E-state index in [9.17, 15) is 13.2 Å². The van der Waals surface area contributed by atoms with E-state index >= 15 is 0 Å². The van der Waals surface area contributed by atoms with Gasteiger partial charge in [-0.15, -0.1) is 0 Å². The maximum atomic E-state index is 13.0. The summed E-state index contributed by atoms with van der Waals surface area (Å²) in [4.78, 5) is 18.7. The number of ether oxygens (including phenoxy) is 1. The number of sulfonamides is 1. The monoisotopic (exact) mass is 390 g/mol. The molecule has 0 N–H and O–H groups in total. The molecule has 27 heavy (non-hydrogen) atoms. The van der Waals surface area contributed by atoms with Crippen molar-refractivity contribution in [3.05, 3.63) is 48.0 Å². The number of carbonyl (C=O) groups excluding carboxylic acids is 1. The van der Waals surface area contributed by atoms with Gasteiger partial charge < -0.3 is 14.2 Å². The van der Waals surface area contributed by atoms with Gasteiger partial charge >= 0.3 is 0 Å². The van der Waals surface area contributed by atoms with Gasteiger partial charge in [0.2, 0.25) is 15.9 Å². The van der Waals surface area contributed by atoms with Crippen LogP contribution in [0.5, 0.6) is 0 Å². The first-order valence-electron chi connectivity index (χ1n) is 8.80. The minimum absolute atomic E-state index is 0.0377. The van der Waals surface area contributed by atoms with Gasteiger partial charge in [-0.3, -0.25) is 4.79 Å². The molecule has 0 saturated carbocycles. The molecule has 3 heterocycles. The quantitative estimate of drug-likeness (QED) is 0.760. The Bertz CT molecular complexity index is 954. The molecule has 1 amide bonds. The van der Waals surface area contributed by atoms with Gasteiger partial charge in [-0.05, 0) is 19.1 Å². The molecule has 8 nitrogen and oxygen atoms in total. The Balaban J connectivity index is 1.57. The van der Waals surface area contributed by atoms with Gasteiger partial charge in [-0.25, -0.2) is 13.4 Å². The molecule has 1 aromatic heterocycles. The summed E-state index contributed by atoms with van der Waals surface area (Å²) in [6.45, 7) is 2.67. The zero-order valence-electron chi connectivity index (χ0n) is 15.3. The number of rotatable bonds is 4. The zero-order chi connectivity index (χ0) is 19.2. The van der Waals surface area contributed by atoms with Crippen LogP contribution >= 0.6 is 0 Å². The lowest BCUT2D eigenvalue weighted by Gasteiger charge is -2.36. The number of nitrogens with zero attached hydrogens (tertiary/aromatic N) is 4. The van der Waals surface area contributed by atoms with Crippen molar-refractivity contribution >= 4 is 15.9 Å². The fourth-order valence-corrected chi connectivity index (χ4v) is 5.06. The summed E-state index contributed by atoms with van der Waals surface area (Å²) >= 11 is 0. The molecule has 4 rings (SSSR count). The van der Waals surface area contributed by atoms with E-state index in [-0.39, 0.29) is 42.6 Å². The highest BCUT2D eigenvalue weighted by molar-refractivity contribution is 7.89.